The number of hydrogen-bond acceptors (Lipinski definition) is 2. The normalized spacial score (nSPS) is 23.8. The number of rotatable bonds is 4. The van der Waals surface area contributed by atoms with E-state index in [0.29, 0.717) is 22.3 Å². The highest BCUT2D eigenvalue weighted by atomic mass is 79.9. The summed E-state index contributed by atoms with van der Waals surface area (Å²) in [7, 11) is -3.61. The number of alkyl halides is 1. The van der Waals surface area contributed by atoms with E-state index >= 15 is 0 Å². The summed E-state index contributed by atoms with van der Waals surface area (Å²) in [6, 6.07) is 4.44. The Labute approximate surface area is 138 Å². The first kappa shape index (κ1) is 16.6. The van der Waals surface area contributed by atoms with E-state index in [1.54, 1.807) is 6.07 Å². The zero-order chi connectivity index (χ0) is 14.8. The molecular formula is C13H16BrCl2NO2S. The molecule has 2 rings (SSSR count). The molecule has 20 heavy (non-hydrogen) atoms. The third-order valence-electron chi connectivity index (χ3n) is 3.46. The first-order chi connectivity index (χ1) is 9.38. The Kier molecular flexibility index (Phi) is 5.77. The first-order valence-corrected chi connectivity index (χ1v) is 9.63. The summed E-state index contributed by atoms with van der Waals surface area (Å²) < 4.78 is 27.2. The fourth-order valence-electron chi connectivity index (χ4n) is 2.40. The maximum Gasteiger partial charge on any atom is 0.242 e. The van der Waals surface area contributed by atoms with E-state index in [0.717, 1.165) is 25.7 Å². The highest BCUT2D eigenvalue weighted by Crippen LogP contribution is 2.29. The van der Waals surface area contributed by atoms with Crippen molar-refractivity contribution in [3.05, 3.63) is 28.2 Å². The second kappa shape index (κ2) is 6.97. The van der Waals surface area contributed by atoms with Crippen molar-refractivity contribution < 1.29 is 8.42 Å². The van der Waals surface area contributed by atoms with Gasteiger partial charge in [0, 0.05) is 16.4 Å². The first-order valence-electron chi connectivity index (χ1n) is 6.47. The molecular weight excluding hydrogens is 385 g/mol. The third kappa shape index (κ3) is 4.34. The second-order valence-corrected chi connectivity index (χ2v) is 8.93. The molecule has 2 unspecified atom stereocenters. The zero-order valence-electron chi connectivity index (χ0n) is 10.8. The summed E-state index contributed by atoms with van der Waals surface area (Å²) in [5.41, 5.74) is 0. The van der Waals surface area contributed by atoms with Crippen molar-refractivity contribution in [2.45, 2.75) is 35.4 Å². The van der Waals surface area contributed by atoms with E-state index in [1.165, 1.54) is 12.1 Å². The van der Waals surface area contributed by atoms with Gasteiger partial charge in [-0.1, -0.05) is 45.6 Å². The van der Waals surface area contributed by atoms with Crippen LogP contribution in [0.1, 0.15) is 25.7 Å². The molecule has 0 spiro atoms. The molecule has 0 bridgehead atoms. The molecule has 0 heterocycles. The molecule has 1 saturated carbocycles. The fourth-order valence-corrected chi connectivity index (χ4v) is 5.13. The second-order valence-electron chi connectivity index (χ2n) is 5.06. The smallest absolute Gasteiger partial charge is 0.211 e. The van der Waals surface area contributed by atoms with Gasteiger partial charge in [0.15, 0.2) is 0 Å². The summed E-state index contributed by atoms with van der Waals surface area (Å²) in [4.78, 5) is 0.526. The van der Waals surface area contributed by atoms with E-state index in [-0.39, 0.29) is 9.92 Å². The van der Waals surface area contributed by atoms with Crippen molar-refractivity contribution in [1.82, 2.24) is 4.72 Å². The van der Waals surface area contributed by atoms with Gasteiger partial charge in [-0.25, -0.2) is 13.1 Å². The molecule has 1 aromatic rings. The monoisotopic (exact) mass is 399 g/mol. The molecule has 112 valence electrons. The van der Waals surface area contributed by atoms with Crippen LogP contribution in [0, 0.1) is 5.92 Å². The van der Waals surface area contributed by atoms with Crippen LogP contribution in [0.2, 0.25) is 10.0 Å². The van der Waals surface area contributed by atoms with E-state index in [1.807, 2.05) is 0 Å². The van der Waals surface area contributed by atoms with E-state index < -0.39 is 10.0 Å². The maximum atomic E-state index is 12.3. The Balaban J connectivity index is 2.05. The highest BCUT2D eigenvalue weighted by molar-refractivity contribution is 9.09. The Hall–Kier alpha value is 0.190. The zero-order valence-corrected chi connectivity index (χ0v) is 14.7. The molecule has 1 fully saturated rings. The molecule has 7 heteroatoms. The highest BCUT2D eigenvalue weighted by Gasteiger charge is 2.23. The van der Waals surface area contributed by atoms with Crippen LogP contribution in [-0.4, -0.2) is 19.8 Å². The molecule has 0 aliphatic heterocycles. The van der Waals surface area contributed by atoms with Gasteiger partial charge in [-0.3, -0.25) is 0 Å². The van der Waals surface area contributed by atoms with Crippen molar-refractivity contribution in [3.63, 3.8) is 0 Å². The van der Waals surface area contributed by atoms with Gasteiger partial charge in [0.2, 0.25) is 10.0 Å². The van der Waals surface area contributed by atoms with Crippen molar-refractivity contribution in [3.8, 4) is 0 Å². The molecule has 1 N–H and O–H groups in total. The van der Waals surface area contributed by atoms with Gasteiger partial charge in [0.1, 0.15) is 4.90 Å². The van der Waals surface area contributed by atoms with Crippen molar-refractivity contribution >= 4 is 49.2 Å². The minimum Gasteiger partial charge on any atom is -0.211 e. The Morgan fingerprint density at radius 2 is 2.05 bits per heavy atom. The number of halogens is 3. The van der Waals surface area contributed by atoms with Crippen LogP contribution in [0.5, 0.6) is 0 Å². The standard InChI is InChI=1S/C13H16BrCl2NO2S/c14-10-3-1-2-9(6-10)8-17-20(18,19)13-7-11(15)4-5-12(13)16/h4-5,7,9-10,17H,1-3,6,8H2. The van der Waals surface area contributed by atoms with Gasteiger partial charge in [-0.2, -0.15) is 0 Å². The summed E-state index contributed by atoms with van der Waals surface area (Å²) >= 11 is 15.4. The van der Waals surface area contributed by atoms with Crippen LogP contribution >= 0.6 is 39.1 Å². The summed E-state index contributed by atoms with van der Waals surface area (Å²) in [5.74, 6) is 0.362. The lowest BCUT2D eigenvalue weighted by Gasteiger charge is -2.25. The average Bonchev–Trinajstić information content (AvgIpc) is 2.39. The van der Waals surface area contributed by atoms with Crippen LogP contribution in [-0.2, 0) is 10.0 Å². The van der Waals surface area contributed by atoms with Crippen LogP contribution in [0.15, 0.2) is 23.1 Å². The van der Waals surface area contributed by atoms with Crippen LogP contribution in [0.4, 0.5) is 0 Å². The van der Waals surface area contributed by atoms with Gasteiger partial charge in [-0.05, 0) is 43.4 Å². The van der Waals surface area contributed by atoms with Gasteiger partial charge < -0.3 is 0 Å². The predicted molar refractivity (Wildman–Crippen MR) is 86.3 cm³/mol. The molecule has 0 saturated heterocycles. The lowest BCUT2D eigenvalue weighted by Crippen LogP contribution is -2.32. The summed E-state index contributed by atoms with van der Waals surface area (Å²) in [6.45, 7) is 0.438. The van der Waals surface area contributed by atoms with Gasteiger partial charge in [0.05, 0.1) is 5.02 Å². The number of hydrogen-bond donors (Lipinski definition) is 1. The van der Waals surface area contributed by atoms with E-state index in [2.05, 4.69) is 20.7 Å². The molecule has 0 amide bonds. The summed E-state index contributed by atoms with van der Waals surface area (Å²) in [5, 5.41) is 0.539. The fraction of sp³-hybridized carbons (Fsp3) is 0.538. The van der Waals surface area contributed by atoms with Crippen molar-refractivity contribution in [1.29, 1.82) is 0 Å². The maximum absolute atomic E-state index is 12.3. The largest absolute Gasteiger partial charge is 0.242 e. The minimum atomic E-state index is -3.61. The number of nitrogens with one attached hydrogen (secondary N) is 1. The molecule has 0 radical (unpaired) electrons. The van der Waals surface area contributed by atoms with Crippen LogP contribution in [0.25, 0.3) is 0 Å². The molecule has 1 aromatic carbocycles. The van der Waals surface area contributed by atoms with Crippen LogP contribution < -0.4 is 4.72 Å². The Bertz CT molecular complexity index is 580. The quantitative estimate of drug-likeness (QED) is 0.768. The van der Waals surface area contributed by atoms with Crippen molar-refractivity contribution in [2.75, 3.05) is 6.54 Å². The molecule has 1 aliphatic rings. The van der Waals surface area contributed by atoms with Gasteiger partial charge in [0.25, 0.3) is 0 Å². The Morgan fingerprint density at radius 1 is 1.30 bits per heavy atom. The molecule has 3 nitrogen and oxygen atoms in total. The third-order valence-corrected chi connectivity index (χ3v) is 6.44. The minimum absolute atomic E-state index is 0.0397. The van der Waals surface area contributed by atoms with Gasteiger partial charge >= 0.3 is 0 Å². The summed E-state index contributed by atoms with van der Waals surface area (Å²) in [6.07, 6.45) is 4.32. The number of sulfonamides is 1. The molecule has 2 atom stereocenters. The molecule has 1 aliphatic carbocycles. The topological polar surface area (TPSA) is 46.2 Å². The lowest BCUT2D eigenvalue weighted by molar-refractivity contribution is 0.368. The molecule has 0 aromatic heterocycles. The van der Waals surface area contributed by atoms with E-state index in [4.69, 9.17) is 23.2 Å². The lowest BCUT2D eigenvalue weighted by atomic mass is 9.89. The van der Waals surface area contributed by atoms with Crippen molar-refractivity contribution in [2.24, 2.45) is 5.92 Å². The van der Waals surface area contributed by atoms with Crippen LogP contribution in [0.3, 0.4) is 0 Å². The Morgan fingerprint density at radius 3 is 2.75 bits per heavy atom. The van der Waals surface area contributed by atoms with E-state index in [9.17, 15) is 8.42 Å². The SMILES string of the molecule is O=S(=O)(NCC1CCCC(Br)C1)c1cc(Cl)ccc1Cl. The van der Waals surface area contributed by atoms with Gasteiger partial charge in [-0.15, -0.1) is 0 Å². The average molecular weight is 401 g/mol. The predicted octanol–water partition coefficient (Wildman–Crippen LogP) is 4.23. The number of benzene rings is 1.